The number of carbonyl (C=O) groups is 1. The van der Waals surface area contributed by atoms with Crippen LogP contribution in [-0.4, -0.2) is 26.5 Å². The van der Waals surface area contributed by atoms with E-state index < -0.39 is 0 Å². The van der Waals surface area contributed by atoms with Gasteiger partial charge in [-0.1, -0.05) is 67.6 Å². The number of nitrogens with zero attached hydrogens (tertiary/aromatic N) is 3. The van der Waals surface area contributed by atoms with Crippen molar-refractivity contribution < 1.29 is 4.79 Å². The van der Waals surface area contributed by atoms with Crippen LogP contribution in [0.25, 0.3) is 11.4 Å². The summed E-state index contributed by atoms with van der Waals surface area (Å²) in [5, 5.41) is 11.6. The van der Waals surface area contributed by atoms with Crippen LogP contribution in [0, 0.1) is 6.92 Å². The molecule has 0 aliphatic heterocycles. The van der Waals surface area contributed by atoms with Crippen LogP contribution in [0.5, 0.6) is 0 Å². The summed E-state index contributed by atoms with van der Waals surface area (Å²) in [7, 11) is 0. The van der Waals surface area contributed by atoms with Gasteiger partial charge in [-0.3, -0.25) is 4.79 Å². The third-order valence-corrected chi connectivity index (χ3v) is 5.11. The SMILES string of the molecule is Cc1ccc(-c2nnc(SCC(=O)Nc3ccc(C(C)C)cc3)n2N)cc1. The average molecular weight is 382 g/mol. The van der Waals surface area contributed by atoms with Crippen LogP contribution in [0.4, 0.5) is 5.69 Å². The summed E-state index contributed by atoms with van der Waals surface area (Å²) in [5.74, 6) is 7.22. The number of nitrogen functional groups attached to an aromatic ring is 1. The number of thioether (sulfide) groups is 1. The van der Waals surface area contributed by atoms with Gasteiger partial charge in [0.2, 0.25) is 11.1 Å². The predicted molar refractivity (Wildman–Crippen MR) is 110 cm³/mol. The van der Waals surface area contributed by atoms with Crippen molar-refractivity contribution in [2.75, 3.05) is 16.9 Å². The molecule has 0 radical (unpaired) electrons. The fourth-order valence-electron chi connectivity index (χ4n) is 2.55. The van der Waals surface area contributed by atoms with E-state index in [0.29, 0.717) is 16.9 Å². The van der Waals surface area contributed by atoms with Crippen molar-refractivity contribution in [2.45, 2.75) is 31.8 Å². The summed E-state index contributed by atoms with van der Waals surface area (Å²) in [5.41, 5.74) is 4.06. The monoisotopic (exact) mass is 381 g/mol. The van der Waals surface area contributed by atoms with E-state index in [4.69, 9.17) is 5.84 Å². The minimum atomic E-state index is -0.114. The number of hydrogen-bond donors (Lipinski definition) is 2. The number of rotatable bonds is 6. The summed E-state index contributed by atoms with van der Waals surface area (Å²) in [4.78, 5) is 12.2. The third kappa shape index (κ3) is 4.68. The Balaban J connectivity index is 1.60. The Morgan fingerprint density at radius 3 is 2.41 bits per heavy atom. The molecule has 3 aromatic rings. The van der Waals surface area contributed by atoms with E-state index in [-0.39, 0.29) is 11.7 Å². The van der Waals surface area contributed by atoms with E-state index in [1.54, 1.807) is 0 Å². The predicted octanol–water partition coefficient (Wildman–Crippen LogP) is 3.82. The second-order valence-electron chi connectivity index (χ2n) is 6.66. The number of carbonyl (C=O) groups excluding carboxylic acids is 1. The number of nitrogens with one attached hydrogen (secondary N) is 1. The Morgan fingerprint density at radius 1 is 1.11 bits per heavy atom. The molecular weight excluding hydrogens is 358 g/mol. The number of nitrogens with two attached hydrogens (primary N) is 1. The zero-order valence-electron chi connectivity index (χ0n) is 15.6. The summed E-state index contributed by atoms with van der Waals surface area (Å²) in [6.07, 6.45) is 0. The number of aromatic nitrogens is 3. The molecule has 0 saturated carbocycles. The molecule has 27 heavy (non-hydrogen) atoms. The normalized spacial score (nSPS) is 11.0. The molecule has 0 bridgehead atoms. The standard InChI is InChI=1S/C20H23N5OS/c1-13(2)15-8-10-17(11-9-15)22-18(26)12-27-20-24-23-19(25(20)21)16-6-4-14(3)5-7-16/h4-11,13H,12,21H2,1-3H3,(H,22,26). The summed E-state index contributed by atoms with van der Waals surface area (Å²) >= 11 is 1.25. The van der Waals surface area contributed by atoms with Gasteiger partial charge in [0.15, 0.2) is 5.82 Å². The zero-order valence-corrected chi connectivity index (χ0v) is 16.5. The highest BCUT2D eigenvalue weighted by Gasteiger charge is 2.14. The topological polar surface area (TPSA) is 85.8 Å². The van der Waals surface area contributed by atoms with E-state index in [9.17, 15) is 4.79 Å². The summed E-state index contributed by atoms with van der Waals surface area (Å²) < 4.78 is 1.42. The number of aryl methyl sites for hydroxylation is 1. The zero-order chi connectivity index (χ0) is 19.4. The van der Waals surface area contributed by atoms with E-state index in [0.717, 1.165) is 16.8 Å². The molecule has 2 aromatic carbocycles. The number of anilines is 1. The van der Waals surface area contributed by atoms with Gasteiger partial charge in [0, 0.05) is 11.3 Å². The van der Waals surface area contributed by atoms with Crippen LogP contribution in [-0.2, 0) is 4.79 Å². The van der Waals surface area contributed by atoms with E-state index >= 15 is 0 Å². The summed E-state index contributed by atoms with van der Waals surface area (Å²) in [6.45, 7) is 6.29. The first-order valence-electron chi connectivity index (χ1n) is 8.74. The van der Waals surface area contributed by atoms with E-state index in [2.05, 4.69) is 29.4 Å². The highest BCUT2D eigenvalue weighted by atomic mass is 32.2. The second kappa shape index (κ2) is 8.26. The number of benzene rings is 2. The largest absolute Gasteiger partial charge is 0.335 e. The Bertz CT molecular complexity index is 917. The van der Waals surface area contributed by atoms with Gasteiger partial charge in [-0.25, -0.2) is 4.68 Å². The molecule has 1 amide bonds. The second-order valence-corrected chi connectivity index (χ2v) is 7.60. The molecule has 3 rings (SSSR count). The van der Waals surface area contributed by atoms with Crippen LogP contribution >= 0.6 is 11.8 Å². The molecule has 3 N–H and O–H groups in total. The Kier molecular flexibility index (Phi) is 5.81. The maximum Gasteiger partial charge on any atom is 0.234 e. The molecule has 6 nitrogen and oxygen atoms in total. The molecule has 140 valence electrons. The molecule has 1 heterocycles. The first-order valence-corrected chi connectivity index (χ1v) is 9.72. The maximum atomic E-state index is 12.2. The van der Waals surface area contributed by atoms with Crippen molar-refractivity contribution in [1.82, 2.24) is 14.9 Å². The van der Waals surface area contributed by atoms with Gasteiger partial charge in [0.05, 0.1) is 5.75 Å². The van der Waals surface area contributed by atoms with Crippen LogP contribution in [0.2, 0.25) is 0 Å². The van der Waals surface area contributed by atoms with Gasteiger partial charge >= 0.3 is 0 Å². The molecule has 0 saturated heterocycles. The Labute approximate surface area is 163 Å². The van der Waals surface area contributed by atoms with Gasteiger partial charge in [-0.15, -0.1) is 10.2 Å². The van der Waals surface area contributed by atoms with E-state index in [1.165, 1.54) is 22.0 Å². The minimum absolute atomic E-state index is 0.114. The van der Waals surface area contributed by atoms with Crippen LogP contribution < -0.4 is 11.2 Å². The highest BCUT2D eigenvalue weighted by Crippen LogP contribution is 2.22. The molecule has 1 aromatic heterocycles. The summed E-state index contributed by atoms with van der Waals surface area (Å²) in [6, 6.07) is 15.8. The van der Waals surface area contributed by atoms with Crippen molar-refractivity contribution in [3.05, 3.63) is 59.7 Å². The maximum absolute atomic E-state index is 12.2. The number of hydrogen-bond acceptors (Lipinski definition) is 5. The van der Waals surface area contributed by atoms with Gasteiger partial charge in [0.1, 0.15) is 0 Å². The first-order chi connectivity index (χ1) is 12.9. The molecular formula is C20H23N5OS. The fraction of sp³-hybridized carbons (Fsp3) is 0.250. The van der Waals surface area contributed by atoms with Crippen molar-refractivity contribution in [2.24, 2.45) is 0 Å². The smallest absolute Gasteiger partial charge is 0.234 e. The lowest BCUT2D eigenvalue weighted by Crippen LogP contribution is -2.16. The van der Waals surface area contributed by atoms with Crippen LogP contribution in [0.3, 0.4) is 0 Å². The lowest BCUT2D eigenvalue weighted by molar-refractivity contribution is -0.113. The molecule has 0 aliphatic rings. The van der Waals surface area contributed by atoms with Crippen LogP contribution in [0.15, 0.2) is 53.7 Å². The van der Waals surface area contributed by atoms with E-state index in [1.807, 2.05) is 55.5 Å². The number of amides is 1. The lowest BCUT2D eigenvalue weighted by Gasteiger charge is -2.08. The van der Waals surface area contributed by atoms with Crippen molar-refractivity contribution in [3.63, 3.8) is 0 Å². The molecule has 0 spiro atoms. The molecule has 0 aliphatic carbocycles. The average Bonchev–Trinajstić information content (AvgIpc) is 3.02. The highest BCUT2D eigenvalue weighted by molar-refractivity contribution is 7.99. The Hall–Kier alpha value is -2.80. The van der Waals surface area contributed by atoms with Gasteiger partial charge in [-0.05, 0) is 30.5 Å². The Morgan fingerprint density at radius 2 is 1.78 bits per heavy atom. The van der Waals surface area contributed by atoms with Crippen molar-refractivity contribution in [1.29, 1.82) is 0 Å². The quantitative estimate of drug-likeness (QED) is 0.501. The van der Waals surface area contributed by atoms with Crippen molar-refractivity contribution in [3.8, 4) is 11.4 Å². The van der Waals surface area contributed by atoms with Crippen molar-refractivity contribution >= 4 is 23.4 Å². The lowest BCUT2D eigenvalue weighted by atomic mass is 10.0. The molecule has 7 heteroatoms. The fourth-order valence-corrected chi connectivity index (χ4v) is 3.21. The van der Waals surface area contributed by atoms with Crippen LogP contribution in [0.1, 0.15) is 30.9 Å². The first kappa shape index (κ1) is 19.0. The van der Waals surface area contributed by atoms with Gasteiger partial charge < -0.3 is 11.2 Å². The molecule has 0 atom stereocenters. The molecule has 0 unspecified atom stereocenters. The third-order valence-electron chi connectivity index (χ3n) is 4.17. The minimum Gasteiger partial charge on any atom is -0.335 e. The molecule has 0 fully saturated rings. The van der Waals surface area contributed by atoms with Gasteiger partial charge in [-0.2, -0.15) is 0 Å². The van der Waals surface area contributed by atoms with Gasteiger partial charge in [0.25, 0.3) is 0 Å².